The number of nitrogens with two attached hydrogens (primary N) is 1. The van der Waals surface area contributed by atoms with E-state index in [2.05, 4.69) is 49.4 Å². The second kappa shape index (κ2) is 7.79. The number of aromatic nitrogens is 3. The first kappa shape index (κ1) is 18.1. The van der Waals surface area contributed by atoms with Crippen LogP contribution in [0.1, 0.15) is 28.4 Å². The fraction of sp³-hybridized carbons (Fsp3) is 0.167. The maximum atomic E-state index is 6.05. The van der Waals surface area contributed by atoms with E-state index in [9.17, 15) is 0 Å². The molecule has 0 fully saturated rings. The largest absolute Gasteiger partial charge is 0.330 e. The first-order valence-electron chi connectivity index (χ1n) is 9.52. The van der Waals surface area contributed by atoms with Crippen molar-refractivity contribution in [2.75, 3.05) is 6.54 Å². The minimum absolute atomic E-state index is 0.142. The van der Waals surface area contributed by atoms with Gasteiger partial charge in [-0.1, -0.05) is 66.7 Å². The van der Waals surface area contributed by atoms with Crippen LogP contribution >= 0.6 is 0 Å². The molecule has 4 heteroatoms. The molecule has 2 N–H and O–H groups in total. The number of rotatable bonds is 5. The zero-order valence-electron chi connectivity index (χ0n) is 16.2. The quantitative estimate of drug-likeness (QED) is 0.558. The summed E-state index contributed by atoms with van der Waals surface area (Å²) in [7, 11) is 0. The van der Waals surface area contributed by atoms with Gasteiger partial charge in [0.25, 0.3) is 0 Å². The molecule has 2 aromatic heterocycles. The molecular weight excluding hydrogens is 344 g/mol. The molecule has 0 spiro atoms. The van der Waals surface area contributed by atoms with E-state index in [-0.39, 0.29) is 5.92 Å². The molecule has 140 valence electrons. The zero-order valence-corrected chi connectivity index (χ0v) is 16.2. The number of hydrogen-bond donors (Lipinski definition) is 1. The van der Waals surface area contributed by atoms with Crippen LogP contribution in [0, 0.1) is 13.8 Å². The lowest BCUT2D eigenvalue weighted by atomic mass is 9.93. The highest BCUT2D eigenvalue weighted by molar-refractivity contribution is 5.69. The van der Waals surface area contributed by atoms with Gasteiger partial charge in [-0.25, -0.2) is 9.67 Å². The van der Waals surface area contributed by atoms with Crippen molar-refractivity contribution < 1.29 is 0 Å². The summed E-state index contributed by atoms with van der Waals surface area (Å²) < 4.78 is 1.92. The Labute approximate surface area is 165 Å². The predicted molar refractivity (Wildman–Crippen MR) is 114 cm³/mol. The molecule has 0 radical (unpaired) electrons. The summed E-state index contributed by atoms with van der Waals surface area (Å²) in [5, 5.41) is 4.74. The Hall–Kier alpha value is -3.24. The molecule has 4 nitrogen and oxygen atoms in total. The summed E-state index contributed by atoms with van der Waals surface area (Å²) >= 11 is 0. The summed E-state index contributed by atoms with van der Waals surface area (Å²) in [5.41, 5.74) is 12.8. The minimum atomic E-state index is 0.142. The van der Waals surface area contributed by atoms with Gasteiger partial charge in [-0.3, -0.25) is 0 Å². The van der Waals surface area contributed by atoms with Crippen LogP contribution in [-0.4, -0.2) is 21.3 Å². The third-order valence-electron chi connectivity index (χ3n) is 5.18. The van der Waals surface area contributed by atoms with Gasteiger partial charge in [-0.05, 0) is 36.6 Å². The van der Waals surface area contributed by atoms with Gasteiger partial charge in [-0.15, -0.1) is 0 Å². The van der Waals surface area contributed by atoms with E-state index in [4.69, 9.17) is 15.8 Å². The Morgan fingerprint density at radius 3 is 2.14 bits per heavy atom. The Morgan fingerprint density at radius 1 is 0.857 bits per heavy atom. The third-order valence-corrected chi connectivity index (χ3v) is 5.18. The summed E-state index contributed by atoms with van der Waals surface area (Å²) in [6.45, 7) is 4.67. The molecular formula is C24H24N4. The molecule has 4 rings (SSSR count). The van der Waals surface area contributed by atoms with E-state index in [1.807, 2.05) is 48.1 Å². The molecule has 0 aliphatic carbocycles. The van der Waals surface area contributed by atoms with E-state index < -0.39 is 0 Å². The summed E-state index contributed by atoms with van der Waals surface area (Å²) in [5.74, 6) is 0.957. The minimum Gasteiger partial charge on any atom is -0.330 e. The zero-order chi connectivity index (χ0) is 19.5. The number of pyridine rings is 1. The molecule has 0 bridgehead atoms. The van der Waals surface area contributed by atoms with Crippen LogP contribution in [0.25, 0.3) is 16.9 Å². The van der Waals surface area contributed by atoms with Gasteiger partial charge in [0, 0.05) is 24.2 Å². The lowest BCUT2D eigenvalue weighted by Gasteiger charge is -2.16. The van der Waals surface area contributed by atoms with Crippen molar-refractivity contribution in [3.8, 4) is 16.9 Å². The van der Waals surface area contributed by atoms with Crippen LogP contribution in [0.5, 0.6) is 0 Å². The van der Waals surface area contributed by atoms with Crippen LogP contribution in [0.4, 0.5) is 0 Å². The first-order valence-corrected chi connectivity index (χ1v) is 9.52. The third kappa shape index (κ3) is 3.35. The van der Waals surface area contributed by atoms with Crippen molar-refractivity contribution in [2.24, 2.45) is 5.73 Å². The van der Waals surface area contributed by atoms with Gasteiger partial charge in [-0.2, -0.15) is 5.10 Å². The fourth-order valence-corrected chi connectivity index (χ4v) is 3.77. The molecule has 4 aromatic rings. The molecule has 1 unspecified atom stereocenters. The second-order valence-electron chi connectivity index (χ2n) is 6.97. The van der Waals surface area contributed by atoms with Crippen molar-refractivity contribution >= 4 is 0 Å². The lowest BCUT2D eigenvalue weighted by molar-refractivity contribution is 0.786. The monoisotopic (exact) mass is 368 g/mol. The Kier molecular flexibility index (Phi) is 5.04. The van der Waals surface area contributed by atoms with Gasteiger partial charge in [0.05, 0.1) is 11.4 Å². The van der Waals surface area contributed by atoms with Gasteiger partial charge in [0.15, 0.2) is 5.82 Å². The Bertz CT molecular complexity index is 1050. The van der Waals surface area contributed by atoms with Crippen molar-refractivity contribution in [3.05, 3.63) is 102 Å². The molecule has 0 amide bonds. The number of hydrogen-bond acceptors (Lipinski definition) is 3. The fourth-order valence-electron chi connectivity index (χ4n) is 3.77. The highest BCUT2D eigenvalue weighted by atomic mass is 15.3. The van der Waals surface area contributed by atoms with Crippen LogP contribution < -0.4 is 5.73 Å². The molecule has 2 aromatic carbocycles. The maximum absolute atomic E-state index is 6.05. The second-order valence-corrected chi connectivity index (χ2v) is 6.97. The SMILES string of the molecule is Cc1nn(-c2ccc(C(CN)c3ccccc3)cn2)c(C)c1-c1ccccc1. The van der Waals surface area contributed by atoms with Crippen LogP contribution in [0.3, 0.4) is 0 Å². The van der Waals surface area contributed by atoms with E-state index in [1.54, 1.807) is 0 Å². The predicted octanol–water partition coefficient (Wildman–Crippen LogP) is 4.64. The van der Waals surface area contributed by atoms with Crippen molar-refractivity contribution in [2.45, 2.75) is 19.8 Å². The van der Waals surface area contributed by atoms with Crippen molar-refractivity contribution in [1.82, 2.24) is 14.8 Å². The van der Waals surface area contributed by atoms with Crippen LogP contribution in [0.15, 0.2) is 79.0 Å². The molecule has 1 atom stereocenters. The number of nitrogens with zero attached hydrogens (tertiary/aromatic N) is 3. The van der Waals surface area contributed by atoms with E-state index >= 15 is 0 Å². The summed E-state index contributed by atoms with van der Waals surface area (Å²) in [4.78, 5) is 4.70. The highest BCUT2D eigenvalue weighted by Gasteiger charge is 2.16. The average Bonchev–Trinajstić information content (AvgIpc) is 3.04. The Balaban J connectivity index is 1.68. The van der Waals surface area contributed by atoms with E-state index in [0.717, 1.165) is 28.3 Å². The number of aryl methyl sites for hydroxylation is 1. The first-order chi connectivity index (χ1) is 13.7. The normalized spacial score (nSPS) is 12.1. The Morgan fingerprint density at radius 2 is 1.54 bits per heavy atom. The van der Waals surface area contributed by atoms with Gasteiger partial charge >= 0.3 is 0 Å². The molecule has 0 saturated carbocycles. The van der Waals surface area contributed by atoms with Crippen LogP contribution in [-0.2, 0) is 0 Å². The van der Waals surface area contributed by atoms with Gasteiger partial charge in [0.1, 0.15) is 0 Å². The molecule has 0 aliphatic rings. The van der Waals surface area contributed by atoms with Gasteiger partial charge < -0.3 is 5.73 Å². The topological polar surface area (TPSA) is 56.7 Å². The number of benzene rings is 2. The standard InChI is InChI=1S/C24H24N4/c1-17-24(20-11-7-4-8-12-20)18(2)28(27-17)23-14-13-21(16-26-23)22(15-25)19-9-5-3-6-10-19/h3-14,16,22H,15,25H2,1-2H3. The maximum Gasteiger partial charge on any atom is 0.153 e. The molecule has 0 saturated heterocycles. The summed E-state index contributed by atoms with van der Waals surface area (Å²) in [6, 6.07) is 24.8. The molecule has 2 heterocycles. The van der Waals surface area contributed by atoms with Gasteiger partial charge in [0.2, 0.25) is 0 Å². The average molecular weight is 368 g/mol. The summed E-state index contributed by atoms with van der Waals surface area (Å²) in [6.07, 6.45) is 1.92. The van der Waals surface area contributed by atoms with Crippen LogP contribution in [0.2, 0.25) is 0 Å². The van der Waals surface area contributed by atoms with E-state index in [1.165, 1.54) is 11.1 Å². The van der Waals surface area contributed by atoms with E-state index in [0.29, 0.717) is 6.54 Å². The molecule has 28 heavy (non-hydrogen) atoms. The lowest BCUT2D eigenvalue weighted by Crippen LogP contribution is -2.14. The van der Waals surface area contributed by atoms with Crippen molar-refractivity contribution in [3.63, 3.8) is 0 Å². The molecule has 0 aliphatic heterocycles. The smallest absolute Gasteiger partial charge is 0.153 e. The van der Waals surface area contributed by atoms with Crippen molar-refractivity contribution in [1.29, 1.82) is 0 Å². The highest BCUT2D eigenvalue weighted by Crippen LogP contribution is 2.29.